The highest BCUT2D eigenvalue weighted by molar-refractivity contribution is 5.79. The van der Waals surface area contributed by atoms with Gasteiger partial charge in [-0.05, 0) is 32.1 Å². The molecule has 0 radical (unpaired) electrons. The van der Waals surface area contributed by atoms with Crippen molar-refractivity contribution in [1.82, 2.24) is 16.0 Å². The van der Waals surface area contributed by atoms with Crippen LogP contribution >= 0.6 is 0 Å². The molecule has 0 aromatic heterocycles. The Kier molecular flexibility index (Phi) is 11.8. The van der Waals surface area contributed by atoms with Crippen LogP contribution in [0.25, 0.3) is 0 Å². The molecule has 0 aromatic carbocycles. The second-order valence-electron chi connectivity index (χ2n) is 6.78. The molecule has 0 saturated carbocycles. The minimum Gasteiger partial charge on any atom is -0.450 e. The van der Waals surface area contributed by atoms with Crippen molar-refractivity contribution in [2.24, 2.45) is 10.9 Å². The van der Waals surface area contributed by atoms with Crippen molar-refractivity contribution in [3.05, 3.63) is 0 Å². The molecular weight excluding hydrogens is 336 g/mol. The van der Waals surface area contributed by atoms with Crippen LogP contribution in [-0.4, -0.2) is 70.8 Å². The van der Waals surface area contributed by atoms with Crippen molar-refractivity contribution in [1.29, 1.82) is 0 Å². The number of carbonyl (C=O) groups is 1. The first kappa shape index (κ1) is 22.5. The zero-order chi connectivity index (χ0) is 19.2. The van der Waals surface area contributed by atoms with Gasteiger partial charge in [-0.1, -0.05) is 13.8 Å². The molecular formula is C18H36N4O4. The molecule has 1 amide bonds. The fraction of sp³-hybridized carbons (Fsp3) is 0.889. The van der Waals surface area contributed by atoms with Gasteiger partial charge in [0, 0.05) is 39.4 Å². The molecule has 8 nitrogen and oxygen atoms in total. The Morgan fingerprint density at radius 2 is 2.15 bits per heavy atom. The fourth-order valence-corrected chi connectivity index (χ4v) is 2.72. The summed E-state index contributed by atoms with van der Waals surface area (Å²) in [6.45, 7) is 10.00. The van der Waals surface area contributed by atoms with Crippen molar-refractivity contribution in [3.8, 4) is 0 Å². The summed E-state index contributed by atoms with van der Waals surface area (Å²) < 4.78 is 16.0. The molecule has 8 heteroatoms. The quantitative estimate of drug-likeness (QED) is 0.289. The van der Waals surface area contributed by atoms with Gasteiger partial charge >= 0.3 is 6.09 Å². The maximum absolute atomic E-state index is 11.7. The van der Waals surface area contributed by atoms with Crippen molar-refractivity contribution >= 4 is 12.1 Å². The first-order valence-electron chi connectivity index (χ1n) is 9.62. The van der Waals surface area contributed by atoms with E-state index in [0.717, 1.165) is 32.4 Å². The monoisotopic (exact) mass is 372 g/mol. The second kappa shape index (κ2) is 13.6. The molecule has 26 heavy (non-hydrogen) atoms. The molecule has 2 unspecified atom stereocenters. The van der Waals surface area contributed by atoms with Crippen molar-refractivity contribution in [2.45, 2.75) is 52.2 Å². The number of hydrogen-bond acceptors (Lipinski definition) is 5. The normalized spacial score (nSPS) is 18.7. The predicted octanol–water partition coefficient (Wildman–Crippen LogP) is 1.51. The number of rotatable bonds is 11. The van der Waals surface area contributed by atoms with E-state index in [4.69, 9.17) is 14.2 Å². The highest BCUT2D eigenvalue weighted by Gasteiger charge is 2.16. The molecule has 1 rings (SSSR count). The summed E-state index contributed by atoms with van der Waals surface area (Å²) in [6, 6.07) is -0.0155. The van der Waals surface area contributed by atoms with Crippen LogP contribution in [0.1, 0.15) is 40.0 Å². The van der Waals surface area contributed by atoms with Crippen molar-refractivity contribution in [3.63, 3.8) is 0 Å². The highest BCUT2D eigenvalue weighted by Crippen LogP contribution is 2.08. The second-order valence-corrected chi connectivity index (χ2v) is 6.78. The summed E-state index contributed by atoms with van der Waals surface area (Å²) in [5.41, 5.74) is 0. The Balaban J connectivity index is 2.24. The zero-order valence-electron chi connectivity index (χ0n) is 16.7. The van der Waals surface area contributed by atoms with E-state index in [1.165, 1.54) is 0 Å². The van der Waals surface area contributed by atoms with Gasteiger partial charge in [0.15, 0.2) is 5.96 Å². The van der Waals surface area contributed by atoms with Crippen LogP contribution in [0.15, 0.2) is 4.99 Å². The van der Waals surface area contributed by atoms with Gasteiger partial charge in [0.1, 0.15) is 0 Å². The van der Waals surface area contributed by atoms with E-state index in [1.54, 1.807) is 14.0 Å². The smallest absolute Gasteiger partial charge is 0.407 e. The molecule has 152 valence electrons. The molecule has 1 aliphatic heterocycles. The van der Waals surface area contributed by atoms with E-state index in [9.17, 15) is 4.79 Å². The SMILES string of the molecule is CCOC(=O)NC(CNC(=NC)NCCCOC1CCOC1)CC(C)C. The Morgan fingerprint density at radius 3 is 2.77 bits per heavy atom. The molecule has 2 atom stereocenters. The number of carbonyl (C=O) groups excluding carboxylic acids is 1. The van der Waals surface area contributed by atoms with Crippen LogP contribution in [0.3, 0.4) is 0 Å². The van der Waals surface area contributed by atoms with Gasteiger partial charge in [-0.15, -0.1) is 0 Å². The van der Waals surface area contributed by atoms with Crippen LogP contribution in [0.5, 0.6) is 0 Å². The van der Waals surface area contributed by atoms with Gasteiger partial charge in [-0.25, -0.2) is 4.79 Å². The highest BCUT2D eigenvalue weighted by atomic mass is 16.5. The summed E-state index contributed by atoms with van der Waals surface area (Å²) in [6.07, 6.45) is 2.61. The molecule has 0 spiro atoms. The Morgan fingerprint density at radius 1 is 1.35 bits per heavy atom. The third-order valence-corrected chi connectivity index (χ3v) is 3.95. The molecule has 0 aliphatic carbocycles. The van der Waals surface area contributed by atoms with Crippen molar-refractivity contribution in [2.75, 3.05) is 46.6 Å². The molecule has 1 fully saturated rings. The topological polar surface area (TPSA) is 93.2 Å². The molecule has 0 aromatic rings. The number of hydrogen-bond donors (Lipinski definition) is 3. The van der Waals surface area contributed by atoms with Crippen LogP contribution in [0.4, 0.5) is 4.79 Å². The molecule has 1 aliphatic rings. The van der Waals surface area contributed by atoms with E-state index in [-0.39, 0.29) is 18.2 Å². The third kappa shape index (κ3) is 10.5. The lowest BCUT2D eigenvalue weighted by Gasteiger charge is -2.22. The average Bonchev–Trinajstić information content (AvgIpc) is 3.10. The lowest BCUT2D eigenvalue weighted by Crippen LogP contribution is -2.47. The number of nitrogens with zero attached hydrogens (tertiary/aromatic N) is 1. The maximum Gasteiger partial charge on any atom is 0.407 e. The zero-order valence-corrected chi connectivity index (χ0v) is 16.7. The number of ether oxygens (including phenoxy) is 3. The van der Waals surface area contributed by atoms with Gasteiger partial charge in [-0.3, -0.25) is 4.99 Å². The Bertz CT molecular complexity index is 412. The van der Waals surface area contributed by atoms with Gasteiger partial charge in [0.05, 0.1) is 19.3 Å². The summed E-state index contributed by atoms with van der Waals surface area (Å²) in [4.78, 5) is 15.9. The Labute approximate surface area is 157 Å². The largest absolute Gasteiger partial charge is 0.450 e. The van der Waals surface area contributed by atoms with Crippen LogP contribution < -0.4 is 16.0 Å². The molecule has 3 N–H and O–H groups in total. The maximum atomic E-state index is 11.7. The summed E-state index contributed by atoms with van der Waals surface area (Å²) in [5, 5.41) is 9.43. The van der Waals surface area contributed by atoms with E-state index in [0.29, 0.717) is 38.2 Å². The van der Waals surface area contributed by atoms with Crippen LogP contribution in [0, 0.1) is 5.92 Å². The minimum atomic E-state index is -0.379. The van der Waals surface area contributed by atoms with Crippen LogP contribution in [-0.2, 0) is 14.2 Å². The molecule has 1 saturated heterocycles. The minimum absolute atomic E-state index is 0.0155. The van der Waals surface area contributed by atoms with Gasteiger partial charge in [0.25, 0.3) is 0 Å². The van der Waals surface area contributed by atoms with Gasteiger partial charge in [-0.2, -0.15) is 0 Å². The first-order chi connectivity index (χ1) is 12.5. The first-order valence-corrected chi connectivity index (χ1v) is 9.62. The number of nitrogens with one attached hydrogen (secondary N) is 3. The third-order valence-electron chi connectivity index (χ3n) is 3.95. The van der Waals surface area contributed by atoms with E-state index in [1.807, 2.05) is 0 Å². The predicted molar refractivity (Wildman–Crippen MR) is 103 cm³/mol. The van der Waals surface area contributed by atoms with Gasteiger partial charge in [0.2, 0.25) is 0 Å². The molecule has 1 heterocycles. The number of aliphatic imine (C=N–C) groups is 1. The number of guanidine groups is 1. The standard InChI is InChI=1S/C18H36N4O4/c1-5-25-18(23)22-15(11-14(2)3)12-21-17(19-4)20-8-6-9-26-16-7-10-24-13-16/h14-16H,5-13H2,1-4H3,(H,22,23)(H2,19,20,21). The summed E-state index contributed by atoms with van der Waals surface area (Å²) in [7, 11) is 1.73. The van der Waals surface area contributed by atoms with E-state index >= 15 is 0 Å². The van der Waals surface area contributed by atoms with Crippen LogP contribution in [0.2, 0.25) is 0 Å². The van der Waals surface area contributed by atoms with Gasteiger partial charge < -0.3 is 30.2 Å². The van der Waals surface area contributed by atoms with Crippen molar-refractivity contribution < 1.29 is 19.0 Å². The van der Waals surface area contributed by atoms with E-state index < -0.39 is 0 Å². The van der Waals surface area contributed by atoms with E-state index in [2.05, 4.69) is 34.8 Å². The summed E-state index contributed by atoms with van der Waals surface area (Å²) in [5.74, 6) is 1.18. The lowest BCUT2D eigenvalue weighted by atomic mass is 10.0. The Hall–Kier alpha value is -1.54. The number of amides is 1. The lowest BCUT2D eigenvalue weighted by molar-refractivity contribution is 0.0420. The fourth-order valence-electron chi connectivity index (χ4n) is 2.72. The average molecular weight is 373 g/mol. The summed E-state index contributed by atoms with van der Waals surface area (Å²) >= 11 is 0. The number of alkyl carbamates (subject to hydrolysis) is 1. The molecule has 0 bridgehead atoms.